The molecule has 0 aliphatic heterocycles. The van der Waals surface area contributed by atoms with E-state index < -0.39 is 65.4 Å². The van der Waals surface area contributed by atoms with Crippen molar-refractivity contribution < 1.29 is 42.9 Å². The van der Waals surface area contributed by atoms with Crippen LogP contribution in [0.2, 0.25) is 0 Å². The molecule has 312 valence electrons. The van der Waals surface area contributed by atoms with Crippen LogP contribution in [-0.4, -0.2) is 78.7 Å². The van der Waals surface area contributed by atoms with Crippen LogP contribution in [-0.2, 0) is 33.4 Å². The first kappa shape index (κ1) is 43.7. The van der Waals surface area contributed by atoms with E-state index in [1.54, 1.807) is 60.8 Å². The molecular formula is C45H58N4O9. The molecule has 3 unspecified atom stereocenters. The van der Waals surface area contributed by atoms with Crippen LogP contribution in [0.5, 0.6) is 11.5 Å². The van der Waals surface area contributed by atoms with Crippen molar-refractivity contribution in [3.63, 3.8) is 0 Å². The van der Waals surface area contributed by atoms with Gasteiger partial charge in [-0.1, -0.05) is 70.4 Å². The Morgan fingerprint density at radius 1 is 0.879 bits per heavy atom. The average Bonchev–Trinajstić information content (AvgIpc) is 3.64. The Hall–Kier alpha value is -5.46. The van der Waals surface area contributed by atoms with Crippen molar-refractivity contribution in [2.75, 3.05) is 14.2 Å². The third kappa shape index (κ3) is 10.9. The molecule has 3 aromatic rings. The number of hydrogen-bond acceptors (Lipinski definition) is 10. The fraction of sp³-hybridized carbons (Fsp3) is 0.511. The van der Waals surface area contributed by atoms with Crippen LogP contribution in [0.15, 0.2) is 66.2 Å². The minimum atomic E-state index is -1.05. The van der Waals surface area contributed by atoms with Crippen LogP contribution in [0.1, 0.15) is 86.5 Å². The molecule has 2 aliphatic rings. The number of benzene rings is 2. The molecule has 3 N–H and O–H groups in total. The van der Waals surface area contributed by atoms with Gasteiger partial charge in [-0.3, -0.25) is 14.4 Å². The number of hydrogen-bond donors (Lipinski definition) is 3. The zero-order valence-electron chi connectivity index (χ0n) is 34.9. The monoisotopic (exact) mass is 798 g/mol. The van der Waals surface area contributed by atoms with Gasteiger partial charge in [-0.2, -0.15) is 0 Å². The number of aromatic nitrogens is 1. The Balaban J connectivity index is 1.47. The highest BCUT2D eigenvalue weighted by molar-refractivity contribution is 6.03. The number of rotatable bonds is 15. The maximum absolute atomic E-state index is 14.4. The standard InChI is InChI=1S/C45H58N4O9/c1-9-34(43(53)58-45(4,5)6)47-40(50)32-22-30(57-37-25-35(27-16-12-10-13-17-27)46-36-24-29(55-7)20-21-31(36)37)23-33(32)41(51)48-38(26(2)3)42(52)49-39(44(54)56-8)28-18-14-11-15-19-28/h10,12-13,16-17,20-21,23-26,28,30,32,34,38-39H,9,11,14-15,18-19,22H2,1-8H3,(H,47,50)(H,48,51)(H,49,52)/t30?,32?,34-,38+,39?/m0/s1. The maximum atomic E-state index is 14.4. The van der Waals surface area contributed by atoms with Crippen molar-refractivity contribution in [1.82, 2.24) is 20.9 Å². The first-order chi connectivity index (χ1) is 27.6. The smallest absolute Gasteiger partial charge is 0.329 e. The Morgan fingerprint density at radius 2 is 1.59 bits per heavy atom. The van der Waals surface area contributed by atoms with E-state index >= 15 is 0 Å². The number of nitrogens with one attached hydrogen (secondary N) is 3. The number of nitrogens with zero attached hydrogens (tertiary/aromatic N) is 1. The largest absolute Gasteiger partial charge is 0.497 e. The third-order valence-electron chi connectivity index (χ3n) is 10.6. The quantitative estimate of drug-likeness (QED) is 0.150. The SMILES string of the molecule is CC[C@H](NC(=O)C1CC(Oc2cc(-c3ccccc3)nc3cc(OC)ccc23)C=C1C(=O)N[C@@H](C(=O)NC(C(=O)OC)C1CCCCC1)C(C)C)C(=O)OC(C)(C)C. The zero-order chi connectivity index (χ0) is 42.1. The van der Waals surface area contributed by atoms with Crippen LogP contribution in [0, 0.1) is 17.8 Å². The Bertz CT molecular complexity index is 1980. The molecule has 13 nitrogen and oxygen atoms in total. The number of methoxy groups -OCH3 is 2. The van der Waals surface area contributed by atoms with Crippen molar-refractivity contribution in [3.05, 3.63) is 66.2 Å². The predicted octanol–water partition coefficient (Wildman–Crippen LogP) is 6.22. The van der Waals surface area contributed by atoms with Gasteiger partial charge in [0.2, 0.25) is 17.7 Å². The van der Waals surface area contributed by atoms with Gasteiger partial charge in [-0.05, 0) is 70.1 Å². The molecule has 1 heterocycles. The van der Waals surface area contributed by atoms with Gasteiger partial charge in [-0.15, -0.1) is 0 Å². The fourth-order valence-corrected chi connectivity index (χ4v) is 7.57. The molecule has 1 fully saturated rings. The number of carbonyl (C=O) groups is 5. The Kier molecular flexibility index (Phi) is 14.5. The molecule has 1 saturated carbocycles. The summed E-state index contributed by atoms with van der Waals surface area (Å²) in [6.07, 6.45) is 5.66. The lowest BCUT2D eigenvalue weighted by Gasteiger charge is -2.31. The van der Waals surface area contributed by atoms with Gasteiger partial charge >= 0.3 is 11.9 Å². The van der Waals surface area contributed by atoms with Gasteiger partial charge in [-0.25, -0.2) is 14.6 Å². The molecule has 13 heteroatoms. The highest BCUT2D eigenvalue weighted by atomic mass is 16.6. The highest BCUT2D eigenvalue weighted by Crippen LogP contribution is 2.36. The molecule has 2 aromatic carbocycles. The van der Waals surface area contributed by atoms with Crippen molar-refractivity contribution in [3.8, 4) is 22.8 Å². The van der Waals surface area contributed by atoms with E-state index in [2.05, 4.69) is 16.0 Å². The second-order valence-electron chi connectivity index (χ2n) is 16.4. The summed E-state index contributed by atoms with van der Waals surface area (Å²) in [4.78, 5) is 73.3. The Labute approximate surface area is 341 Å². The molecule has 58 heavy (non-hydrogen) atoms. The molecule has 5 rings (SSSR count). The van der Waals surface area contributed by atoms with Crippen molar-refractivity contribution >= 4 is 40.6 Å². The number of amides is 3. The summed E-state index contributed by atoms with van der Waals surface area (Å²) in [7, 11) is 2.87. The van der Waals surface area contributed by atoms with E-state index in [4.69, 9.17) is 23.9 Å². The molecule has 0 bridgehead atoms. The summed E-state index contributed by atoms with van der Waals surface area (Å²) >= 11 is 0. The minimum absolute atomic E-state index is 0.0601. The molecular weight excluding hydrogens is 741 g/mol. The molecule has 0 radical (unpaired) electrons. The van der Waals surface area contributed by atoms with Gasteiger partial charge in [0.15, 0.2) is 0 Å². The fourth-order valence-electron chi connectivity index (χ4n) is 7.57. The number of fused-ring (bicyclic) bond motifs is 1. The second kappa shape index (κ2) is 19.3. The highest BCUT2D eigenvalue weighted by Gasteiger charge is 2.41. The second-order valence-corrected chi connectivity index (χ2v) is 16.4. The van der Waals surface area contributed by atoms with E-state index in [0.29, 0.717) is 28.1 Å². The van der Waals surface area contributed by atoms with Crippen molar-refractivity contribution in [2.45, 2.75) is 116 Å². The molecule has 1 aromatic heterocycles. The number of ether oxygens (including phenoxy) is 4. The normalized spacial score (nSPS) is 18.7. The lowest BCUT2D eigenvalue weighted by atomic mass is 9.83. The number of carbonyl (C=O) groups excluding carboxylic acids is 5. The minimum Gasteiger partial charge on any atom is -0.497 e. The van der Waals surface area contributed by atoms with Gasteiger partial charge in [0, 0.05) is 35.1 Å². The summed E-state index contributed by atoms with van der Waals surface area (Å²) < 4.78 is 22.8. The lowest BCUT2D eigenvalue weighted by molar-refractivity contribution is -0.159. The van der Waals surface area contributed by atoms with Gasteiger partial charge < -0.3 is 34.9 Å². The van der Waals surface area contributed by atoms with E-state index in [1.807, 2.05) is 48.5 Å². The van der Waals surface area contributed by atoms with E-state index in [1.165, 1.54) is 7.11 Å². The zero-order valence-corrected chi connectivity index (χ0v) is 34.9. The van der Waals surface area contributed by atoms with Crippen LogP contribution < -0.4 is 25.4 Å². The van der Waals surface area contributed by atoms with Crippen molar-refractivity contribution in [1.29, 1.82) is 0 Å². The number of pyridine rings is 1. The molecule has 3 amide bonds. The van der Waals surface area contributed by atoms with E-state index in [0.717, 1.165) is 37.7 Å². The maximum Gasteiger partial charge on any atom is 0.329 e. The van der Waals surface area contributed by atoms with Crippen LogP contribution >= 0.6 is 0 Å². The van der Waals surface area contributed by atoms with Crippen molar-refractivity contribution in [2.24, 2.45) is 17.8 Å². The first-order valence-corrected chi connectivity index (χ1v) is 20.3. The van der Waals surface area contributed by atoms with Gasteiger partial charge in [0.1, 0.15) is 41.3 Å². The first-order valence-electron chi connectivity index (χ1n) is 20.3. The van der Waals surface area contributed by atoms with E-state index in [9.17, 15) is 24.0 Å². The van der Waals surface area contributed by atoms with Gasteiger partial charge in [0.25, 0.3) is 0 Å². The van der Waals surface area contributed by atoms with Crippen LogP contribution in [0.3, 0.4) is 0 Å². The molecule has 2 aliphatic carbocycles. The summed E-state index contributed by atoms with van der Waals surface area (Å²) in [5, 5.41) is 9.25. The van der Waals surface area contributed by atoms with Crippen LogP contribution in [0.4, 0.5) is 0 Å². The predicted molar refractivity (Wildman–Crippen MR) is 220 cm³/mol. The van der Waals surface area contributed by atoms with Crippen LogP contribution in [0.25, 0.3) is 22.2 Å². The topological polar surface area (TPSA) is 171 Å². The summed E-state index contributed by atoms with van der Waals surface area (Å²) in [6, 6.07) is 14.0. The summed E-state index contributed by atoms with van der Waals surface area (Å²) in [5.41, 5.74) is 1.44. The summed E-state index contributed by atoms with van der Waals surface area (Å²) in [6.45, 7) is 10.6. The molecule has 0 spiro atoms. The third-order valence-corrected chi connectivity index (χ3v) is 10.6. The Morgan fingerprint density at radius 3 is 2.21 bits per heavy atom. The lowest BCUT2D eigenvalue weighted by Crippen LogP contribution is -2.56. The average molecular weight is 799 g/mol. The molecule has 5 atom stereocenters. The van der Waals surface area contributed by atoms with Gasteiger partial charge in [0.05, 0.1) is 31.3 Å². The number of esters is 2. The molecule has 0 saturated heterocycles. The summed E-state index contributed by atoms with van der Waals surface area (Å²) in [5.74, 6) is -3.29. The van der Waals surface area contributed by atoms with E-state index in [-0.39, 0.29) is 30.3 Å².